The van der Waals surface area contributed by atoms with Crippen LogP contribution in [0, 0.1) is 17.4 Å². The van der Waals surface area contributed by atoms with E-state index in [1.165, 1.54) is 0 Å². The van der Waals surface area contributed by atoms with Crippen molar-refractivity contribution in [1.29, 1.82) is 5.26 Å². The van der Waals surface area contributed by atoms with Crippen LogP contribution in [0.5, 0.6) is 0 Å². The van der Waals surface area contributed by atoms with Gasteiger partial charge in [0.15, 0.2) is 0 Å². The molecule has 2 aromatic carbocycles. The molecule has 0 spiro atoms. The molecule has 0 aromatic heterocycles. The van der Waals surface area contributed by atoms with Crippen LogP contribution in [0.2, 0.25) is 0 Å². The van der Waals surface area contributed by atoms with E-state index in [4.69, 9.17) is 5.26 Å². The average molecular weight is 257 g/mol. The van der Waals surface area contributed by atoms with Crippen molar-refractivity contribution < 1.29 is 0 Å². The Bertz CT molecular complexity index is 526. The molecule has 0 aliphatic carbocycles. The lowest BCUT2D eigenvalue weighted by Crippen LogP contribution is -1.84. The third-order valence-corrected chi connectivity index (χ3v) is 2.78. The maximum atomic E-state index is 8.99. The first kappa shape index (κ1) is 9.95. The summed E-state index contributed by atoms with van der Waals surface area (Å²) in [5.74, 6) is 0. The van der Waals surface area contributed by atoms with Crippen LogP contribution in [0.25, 0.3) is 11.1 Å². The summed E-state index contributed by atoms with van der Waals surface area (Å²) in [4.78, 5) is 0. The predicted octanol–water partition coefficient (Wildman–Crippen LogP) is 3.79. The minimum atomic E-state index is 0.667. The molecule has 0 heterocycles. The van der Waals surface area contributed by atoms with E-state index in [1.807, 2.05) is 42.5 Å². The van der Waals surface area contributed by atoms with E-state index in [1.54, 1.807) is 0 Å². The molecule has 71 valence electrons. The first-order valence-corrected chi connectivity index (χ1v) is 5.28. The van der Waals surface area contributed by atoms with Gasteiger partial charge in [-0.1, -0.05) is 46.3 Å². The van der Waals surface area contributed by atoms with Crippen molar-refractivity contribution in [2.45, 2.75) is 0 Å². The molecule has 2 rings (SSSR count). The molecule has 0 aliphatic rings. The molecule has 15 heavy (non-hydrogen) atoms. The fraction of sp³-hybridized carbons (Fsp3) is 0. The van der Waals surface area contributed by atoms with Crippen molar-refractivity contribution in [2.75, 3.05) is 0 Å². The summed E-state index contributed by atoms with van der Waals surface area (Å²) in [7, 11) is 0. The van der Waals surface area contributed by atoms with Gasteiger partial charge in [0.1, 0.15) is 0 Å². The second-order valence-electron chi connectivity index (χ2n) is 3.05. The molecule has 0 atom stereocenters. The van der Waals surface area contributed by atoms with Crippen LogP contribution < -0.4 is 0 Å². The zero-order valence-corrected chi connectivity index (χ0v) is 9.45. The average Bonchev–Trinajstić information content (AvgIpc) is 2.30. The summed E-state index contributed by atoms with van der Waals surface area (Å²) in [6.45, 7) is 0. The maximum absolute atomic E-state index is 8.99. The van der Waals surface area contributed by atoms with Crippen molar-refractivity contribution in [3.8, 4) is 17.2 Å². The van der Waals surface area contributed by atoms with Gasteiger partial charge in [-0.15, -0.1) is 0 Å². The molecule has 0 saturated carbocycles. The molecule has 0 unspecified atom stereocenters. The monoisotopic (exact) mass is 256 g/mol. The maximum Gasteiger partial charge on any atom is 0.0998 e. The Hall–Kier alpha value is -1.59. The van der Waals surface area contributed by atoms with Gasteiger partial charge in [0.25, 0.3) is 0 Å². The van der Waals surface area contributed by atoms with Crippen LogP contribution in [-0.2, 0) is 0 Å². The van der Waals surface area contributed by atoms with Gasteiger partial charge in [0, 0.05) is 15.6 Å². The number of nitrogens with zero attached hydrogens (tertiary/aromatic N) is 1. The highest BCUT2D eigenvalue weighted by atomic mass is 79.9. The van der Waals surface area contributed by atoms with Crippen molar-refractivity contribution in [3.05, 3.63) is 58.6 Å². The molecule has 0 bridgehead atoms. The quantitative estimate of drug-likeness (QED) is 0.762. The van der Waals surface area contributed by atoms with Crippen LogP contribution in [0.1, 0.15) is 5.56 Å². The summed E-state index contributed by atoms with van der Waals surface area (Å²) in [5.41, 5.74) is 2.50. The van der Waals surface area contributed by atoms with Gasteiger partial charge < -0.3 is 0 Å². The number of rotatable bonds is 1. The molecule has 1 nitrogen and oxygen atoms in total. The van der Waals surface area contributed by atoms with Gasteiger partial charge in [-0.2, -0.15) is 5.26 Å². The van der Waals surface area contributed by atoms with Crippen molar-refractivity contribution in [3.63, 3.8) is 0 Å². The highest BCUT2D eigenvalue weighted by Gasteiger charge is 2.06. The number of hydrogen-bond donors (Lipinski definition) is 0. The molecular weight excluding hydrogens is 250 g/mol. The van der Waals surface area contributed by atoms with Gasteiger partial charge in [0.05, 0.1) is 11.6 Å². The van der Waals surface area contributed by atoms with Crippen LogP contribution in [0.3, 0.4) is 0 Å². The minimum Gasteiger partial charge on any atom is -0.192 e. The Labute approximate surface area is 97.1 Å². The first-order chi connectivity index (χ1) is 7.33. The van der Waals surface area contributed by atoms with E-state index in [0.717, 1.165) is 15.6 Å². The fourth-order valence-corrected chi connectivity index (χ4v) is 1.90. The van der Waals surface area contributed by atoms with Crippen LogP contribution in [0.15, 0.2) is 46.9 Å². The smallest absolute Gasteiger partial charge is 0.0998 e. The van der Waals surface area contributed by atoms with Crippen LogP contribution in [-0.4, -0.2) is 0 Å². The third kappa shape index (κ3) is 1.93. The SMILES string of the molecule is N#Cc1ccccc1-c1[c]cccc1Br. The Kier molecular flexibility index (Phi) is 2.84. The van der Waals surface area contributed by atoms with Crippen LogP contribution >= 0.6 is 15.9 Å². The van der Waals surface area contributed by atoms with E-state index in [0.29, 0.717) is 5.56 Å². The van der Waals surface area contributed by atoms with E-state index in [9.17, 15) is 0 Å². The zero-order valence-electron chi connectivity index (χ0n) is 7.87. The van der Waals surface area contributed by atoms with Gasteiger partial charge in [-0.3, -0.25) is 0 Å². The lowest BCUT2D eigenvalue weighted by atomic mass is 10.0. The molecule has 2 aromatic rings. The zero-order chi connectivity index (χ0) is 10.7. The standard InChI is InChI=1S/C13H7BrN/c14-13-8-4-3-7-12(13)11-6-2-1-5-10(11)9-15/h1-6,8H. The summed E-state index contributed by atoms with van der Waals surface area (Å²) in [6.07, 6.45) is 0. The lowest BCUT2D eigenvalue weighted by Gasteiger charge is -2.05. The largest absolute Gasteiger partial charge is 0.192 e. The minimum absolute atomic E-state index is 0.667. The summed E-state index contributed by atoms with van der Waals surface area (Å²) >= 11 is 3.46. The Morgan fingerprint density at radius 1 is 1.13 bits per heavy atom. The fourth-order valence-electron chi connectivity index (χ4n) is 1.42. The van der Waals surface area contributed by atoms with Crippen molar-refractivity contribution in [1.82, 2.24) is 0 Å². The summed E-state index contributed by atoms with van der Waals surface area (Å²) < 4.78 is 0.952. The molecule has 0 aliphatic heterocycles. The molecule has 0 fully saturated rings. The number of nitriles is 1. The highest BCUT2D eigenvalue weighted by molar-refractivity contribution is 9.10. The van der Waals surface area contributed by atoms with Crippen molar-refractivity contribution in [2.24, 2.45) is 0 Å². The lowest BCUT2D eigenvalue weighted by molar-refractivity contribution is 1.47. The number of benzene rings is 2. The molecule has 2 heteroatoms. The molecule has 0 saturated heterocycles. The normalized spacial score (nSPS) is 9.60. The Morgan fingerprint density at radius 3 is 2.67 bits per heavy atom. The molecule has 0 N–H and O–H groups in total. The second kappa shape index (κ2) is 4.29. The summed E-state index contributed by atoms with van der Waals surface area (Å²) in [6, 6.07) is 18.5. The van der Waals surface area contributed by atoms with Gasteiger partial charge in [-0.25, -0.2) is 0 Å². The third-order valence-electron chi connectivity index (χ3n) is 2.12. The topological polar surface area (TPSA) is 23.8 Å². The van der Waals surface area contributed by atoms with E-state index in [-0.39, 0.29) is 0 Å². The van der Waals surface area contributed by atoms with Gasteiger partial charge in [0.2, 0.25) is 0 Å². The number of halogens is 1. The predicted molar refractivity (Wildman–Crippen MR) is 63.1 cm³/mol. The van der Waals surface area contributed by atoms with Gasteiger partial charge >= 0.3 is 0 Å². The van der Waals surface area contributed by atoms with E-state index >= 15 is 0 Å². The Morgan fingerprint density at radius 2 is 1.93 bits per heavy atom. The summed E-state index contributed by atoms with van der Waals surface area (Å²) in [5, 5.41) is 8.99. The molecular formula is C13H7BrN. The van der Waals surface area contributed by atoms with Crippen molar-refractivity contribution >= 4 is 15.9 Å². The van der Waals surface area contributed by atoms with Gasteiger partial charge in [-0.05, 0) is 18.2 Å². The Balaban J connectivity index is 2.65. The van der Waals surface area contributed by atoms with Crippen LogP contribution in [0.4, 0.5) is 0 Å². The van der Waals surface area contributed by atoms with E-state index in [2.05, 4.69) is 28.1 Å². The second-order valence-corrected chi connectivity index (χ2v) is 3.90. The number of hydrogen-bond acceptors (Lipinski definition) is 1. The van der Waals surface area contributed by atoms with E-state index < -0.39 is 0 Å². The molecule has 1 radical (unpaired) electrons. The molecule has 0 amide bonds. The highest BCUT2D eigenvalue weighted by Crippen LogP contribution is 2.29. The first-order valence-electron chi connectivity index (χ1n) is 4.48.